The van der Waals surface area contributed by atoms with Gasteiger partial charge >= 0.3 is 6.03 Å². The van der Waals surface area contributed by atoms with Crippen LogP contribution in [0.2, 0.25) is 0 Å². The number of urea groups is 1. The number of rotatable bonds is 7. The second-order valence-corrected chi connectivity index (χ2v) is 12.1. The Morgan fingerprint density at radius 3 is 2.43 bits per heavy atom. The zero-order valence-electron chi connectivity index (χ0n) is 27.4. The van der Waals surface area contributed by atoms with Crippen LogP contribution < -0.4 is 15.4 Å². The van der Waals surface area contributed by atoms with E-state index in [4.69, 9.17) is 9.47 Å². The van der Waals surface area contributed by atoms with Crippen LogP contribution in [0.3, 0.4) is 0 Å². The lowest BCUT2D eigenvalue weighted by Gasteiger charge is -2.35. The van der Waals surface area contributed by atoms with E-state index < -0.39 is 18.0 Å². The lowest BCUT2D eigenvalue weighted by molar-refractivity contribution is -0.0115. The molecule has 0 spiro atoms. The van der Waals surface area contributed by atoms with E-state index in [0.29, 0.717) is 29.3 Å². The second-order valence-electron chi connectivity index (χ2n) is 12.1. The number of carbonyl (C=O) groups is 3. The normalized spacial score (nSPS) is 19.8. The van der Waals surface area contributed by atoms with Crippen LogP contribution in [0.15, 0.2) is 72.8 Å². The van der Waals surface area contributed by atoms with Crippen molar-refractivity contribution in [1.29, 1.82) is 0 Å². The number of benzene rings is 3. The van der Waals surface area contributed by atoms with Crippen LogP contribution in [0.25, 0.3) is 0 Å². The van der Waals surface area contributed by atoms with Crippen LogP contribution in [0, 0.1) is 11.7 Å². The highest BCUT2D eigenvalue weighted by atomic mass is 19.1. The molecular weight excluding hydrogens is 603 g/mol. The largest absolute Gasteiger partial charge is 0.490 e. The zero-order chi connectivity index (χ0) is 33.9. The molecule has 0 saturated carbocycles. The van der Waals surface area contributed by atoms with Gasteiger partial charge in [-0.1, -0.05) is 25.1 Å². The number of hydrogen-bond acceptors (Lipinski definition) is 6. The number of carbonyl (C=O) groups excluding carboxylic acids is 3. The summed E-state index contributed by atoms with van der Waals surface area (Å²) in [6.07, 6.45) is 1.68. The number of aliphatic hydroxyl groups is 1. The molecule has 0 saturated heterocycles. The summed E-state index contributed by atoms with van der Waals surface area (Å²) in [6.45, 7) is 6.28. The molecule has 0 aliphatic carbocycles. The van der Waals surface area contributed by atoms with Crippen molar-refractivity contribution in [2.24, 2.45) is 5.92 Å². The number of ether oxygens (including phenoxy) is 2. The second kappa shape index (κ2) is 16.9. The number of nitrogens with one attached hydrogen (secondary N) is 2. The summed E-state index contributed by atoms with van der Waals surface area (Å²) in [4.78, 5) is 43.3. The maximum Gasteiger partial charge on any atom is 0.321 e. The van der Waals surface area contributed by atoms with Gasteiger partial charge in [-0.05, 0) is 87.7 Å². The molecule has 10 nitrogen and oxygen atoms in total. The van der Waals surface area contributed by atoms with Gasteiger partial charge in [-0.3, -0.25) is 9.59 Å². The van der Waals surface area contributed by atoms with E-state index in [1.165, 1.54) is 29.2 Å². The maximum absolute atomic E-state index is 14.3. The number of hydrogen-bond donors (Lipinski definition) is 3. The van der Waals surface area contributed by atoms with E-state index in [1.54, 1.807) is 61.3 Å². The Labute approximate surface area is 275 Å². The van der Waals surface area contributed by atoms with Crippen molar-refractivity contribution in [3.63, 3.8) is 0 Å². The third-order valence-corrected chi connectivity index (χ3v) is 8.24. The summed E-state index contributed by atoms with van der Waals surface area (Å²) in [5, 5.41) is 15.8. The third-order valence-electron chi connectivity index (χ3n) is 8.24. The first kappa shape index (κ1) is 35.4. The highest BCUT2D eigenvalue weighted by Gasteiger charge is 2.31. The van der Waals surface area contributed by atoms with Crippen molar-refractivity contribution in [2.75, 3.05) is 44.0 Å². The average molecular weight is 649 g/mol. The predicted octanol–water partition coefficient (Wildman–Crippen LogP) is 6.04. The molecule has 252 valence electrons. The molecule has 3 aromatic rings. The Balaban J connectivity index is 1.59. The molecule has 4 atom stereocenters. The van der Waals surface area contributed by atoms with Gasteiger partial charge in [-0.2, -0.15) is 0 Å². The topological polar surface area (TPSA) is 120 Å². The van der Waals surface area contributed by atoms with Gasteiger partial charge in [0.05, 0.1) is 30.4 Å². The van der Waals surface area contributed by atoms with E-state index >= 15 is 0 Å². The van der Waals surface area contributed by atoms with Gasteiger partial charge in [0.2, 0.25) is 0 Å². The minimum atomic E-state index is -0.550. The lowest BCUT2D eigenvalue weighted by atomic mass is 10.0. The molecule has 0 fully saturated rings. The highest BCUT2D eigenvalue weighted by molar-refractivity contribution is 6.05. The van der Waals surface area contributed by atoms with Crippen molar-refractivity contribution in [1.82, 2.24) is 9.80 Å². The van der Waals surface area contributed by atoms with Gasteiger partial charge in [0.15, 0.2) is 0 Å². The maximum atomic E-state index is 14.3. The average Bonchev–Trinajstić information content (AvgIpc) is 3.07. The summed E-state index contributed by atoms with van der Waals surface area (Å²) in [5.41, 5.74) is 1.64. The van der Waals surface area contributed by atoms with E-state index in [0.717, 1.165) is 19.3 Å². The van der Waals surface area contributed by atoms with E-state index in [2.05, 4.69) is 10.6 Å². The van der Waals surface area contributed by atoms with Crippen molar-refractivity contribution in [3.05, 3.63) is 89.7 Å². The number of aliphatic hydroxyl groups excluding tert-OH is 1. The monoisotopic (exact) mass is 648 g/mol. The third kappa shape index (κ3) is 10.0. The smallest absolute Gasteiger partial charge is 0.321 e. The Hall–Kier alpha value is -4.48. The molecule has 0 unspecified atom stereocenters. The summed E-state index contributed by atoms with van der Waals surface area (Å²) >= 11 is 0. The number of anilines is 2. The van der Waals surface area contributed by atoms with Crippen LogP contribution in [0.5, 0.6) is 5.75 Å². The minimum absolute atomic E-state index is 0.200. The van der Waals surface area contributed by atoms with Gasteiger partial charge in [0, 0.05) is 49.6 Å². The van der Waals surface area contributed by atoms with Crippen LogP contribution in [0.1, 0.15) is 60.7 Å². The quantitative estimate of drug-likeness (QED) is 0.288. The fraction of sp³-hybridized carbons (Fsp3) is 0.417. The summed E-state index contributed by atoms with van der Waals surface area (Å²) in [7, 11) is 1.65. The molecule has 4 rings (SSSR count). The Morgan fingerprint density at radius 1 is 1.02 bits per heavy atom. The number of fused-ring (bicyclic) bond motifs is 1. The molecule has 0 aromatic heterocycles. The van der Waals surface area contributed by atoms with Crippen molar-refractivity contribution in [3.8, 4) is 5.75 Å². The molecule has 1 heterocycles. The van der Waals surface area contributed by atoms with Crippen molar-refractivity contribution in [2.45, 2.75) is 58.3 Å². The number of likely N-dealkylation sites (N-methyl/N-ethyl adjacent to an activating group) is 1. The van der Waals surface area contributed by atoms with Crippen LogP contribution in [0.4, 0.5) is 20.6 Å². The van der Waals surface area contributed by atoms with Crippen molar-refractivity contribution >= 4 is 29.2 Å². The lowest BCUT2D eigenvalue weighted by Crippen LogP contribution is -2.48. The summed E-state index contributed by atoms with van der Waals surface area (Å²) < 4.78 is 25.9. The molecule has 47 heavy (non-hydrogen) atoms. The predicted molar refractivity (Wildman–Crippen MR) is 179 cm³/mol. The molecule has 1 aliphatic rings. The molecule has 3 aromatic carbocycles. The molecule has 11 heteroatoms. The Bertz CT molecular complexity index is 1490. The van der Waals surface area contributed by atoms with Gasteiger partial charge in [0.25, 0.3) is 11.8 Å². The Kier molecular flexibility index (Phi) is 12.7. The van der Waals surface area contributed by atoms with Gasteiger partial charge < -0.3 is 35.0 Å². The first-order valence-electron chi connectivity index (χ1n) is 16.0. The standard InChI is InChI=1S/C36H45FN4O6/c1-24-21-41(25(2)23-42)35(44)31-20-30(38-34(43)27-11-6-5-7-12-27)17-18-32(31)47-26(3)10-8-9-19-46-33(24)22-40(4)36(45)39-29-15-13-28(37)14-16-29/h5-7,11-18,20,24-26,33,42H,8-10,19,21-23H2,1-4H3,(H,38,43)(H,39,45)/t24-,25-,26-,33+/m0/s1. The zero-order valence-corrected chi connectivity index (χ0v) is 27.4. The fourth-order valence-electron chi connectivity index (χ4n) is 5.36. The van der Waals surface area contributed by atoms with Crippen molar-refractivity contribution < 1.29 is 33.4 Å². The molecule has 0 bridgehead atoms. The number of amides is 4. The number of nitrogens with zero attached hydrogens (tertiary/aromatic N) is 2. The first-order chi connectivity index (χ1) is 22.5. The Morgan fingerprint density at radius 2 is 1.72 bits per heavy atom. The first-order valence-corrected chi connectivity index (χ1v) is 16.0. The van der Waals surface area contributed by atoms with Gasteiger partial charge in [0.1, 0.15) is 11.6 Å². The molecule has 3 N–H and O–H groups in total. The van der Waals surface area contributed by atoms with Gasteiger partial charge in [-0.25, -0.2) is 9.18 Å². The SMILES string of the molecule is C[C@H]1CCCCO[C@H](CN(C)C(=O)Nc2ccc(F)cc2)[C@@H](C)CN([C@@H](C)CO)C(=O)c2cc(NC(=O)c3ccccc3)ccc2O1. The molecule has 0 radical (unpaired) electrons. The van der Waals surface area contributed by atoms with Gasteiger partial charge in [-0.15, -0.1) is 0 Å². The van der Waals surface area contributed by atoms with Crippen LogP contribution in [-0.4, -0.2) is 84.4 Å². The molecule has 1 aliphatic heterocycles. The highest BCUT2D eigenvalue weighted by Crippen LogP contribution is 2.29. The minimum Gasteiger partial charge on any atom is -0.490 e. The van der Waals surface area contributed by atoms with E-state index in [-0.39, 0.29) is 55.1 Å². The molecular formula is C36H45FN4O6. The van der Waals surface area contributed by atoms with E-state index in [1.807, 2.05) is 19.9 Å². The summed E-state index contributed by atoms with van der Waals surface area (Å²) in [5.74, 6) is -0.929. The summed E-state index contributed by atoms with van der Waals surface area (Å²) in [6, 6.07) is 18.4. The fourth-order valence-corrected chi connectivity index (χ4v) is 5.36. The van der Waals surface area contributed by atoms with Crippen LogP contribution >= 0.6 is 0 Å². The van der Waals surface area contributed by atoms with Crippen LogP contribution in [-0.2, 0) is 4.74 Å². The van der Waals surface area contributed by atoms with E-state index in [9.17, 15) is 23.9 Å². The molecule has 4 amide bonds. The number of halogens is 1.